The van der Waals surface area contributed by atoms with Crippen molar-refractivity contribution in [2.75, 3.05) is 5.75 Å². The molecular formula is C22H37NaO4S. The van der Waals surface area contributed by atoms with Gasteiger partial charge in [-0.25, -0.2) is 8.42 Å². The van der Waals surface area contributed by atoms with Gasteiger partial charge in [-0.1, -0.05) is 71.4 Å². The molecular weight excluding hydrogens is 383 g/mol. The van der Waals surface area contributed by atoms with Crippen LogP contribution in [-0.4, -0.2) is 24.8 Å². The summed E-state index contributed by atoms with van der Waals surface area (Å²) in [6.45, 7) is 6.26. The van der Waals surface area contributed by atoms with E-state index in [4.69, 9.17) is 4.74 Å². The van der Waals surface area contributed by atoms with Crippen LogP contribution in [0.1, 0.15) is 89.7 Å². The summed E-state index contributed by atoms with van der Waals surface area (Å²) >= 11 is 0. The van der Waals surface area contributed by atoms with Crippen molar-refractivity contribution in [2.45, 2.75) is 97.5 Å². The van der Waals surface area contributed by atoms with Crippen LogP contribution in [0.25, 0.3) is 0 Å². The van der Waals surface area contributed by atoms with Crippen LogP contribution >= 0.6 is 0 Å². The quantitative estimate of drug-likeness (QED) is 0.249. The van der Waals surface area contributed by atoms with Gasteiger partial charge in [-0.15, -0.1) is 0 Å². The van der Waals surface area contributed by atoms with Crippen LogP contribution in [0, 0.1) is 0 Å². The fourth-order valence-corrected chi connectivity index (χ4v) is 4.00. The summed E-state index contributed by atoms with van der Waals surface area (Å²) in [6.07, 6.45) is 11.5. The Morgan fingerprint density at radius 1 is 0.929 bits per heavy atom. The predicted molar refractivity (Wildman–Crippen MR) is 111 cm³/mol. The van der Waals surface area contributed by atoms with Crippen molar-refractivity contribution in [2.24, 2.45) is 0 Å². The van der Waals surface area contributed by atoms with Crippen molar-refractivity contribution in [3.8, 4) is 5.75 Å². The van der Waals surface area contributed by atoms with Gasteiger partial charge in [0.2, 0.25) is 0 Å². The van der Waals surface area contributed by atoms with Gasteiger partial charge in [-0.2, -0.15) is 0 Å². The molecule has 0 heterocycles. The minimum atomic E-state index is -4.29. The maximum Gasteiger partial charge on any atom is 1.00 e. The maximum absolute atomic E-state index is 11.1. The van der Waals surface area contributed by atoms with Gasteiger partial charge in [0.1, 0.15) is 11.9 Å². The van der Waals surface area contributed by atoms with Gasteiger partial charge in [-0.3, -0.25) is 0 Å². The van der Waals surface area contributed by atoms with Crippen LogP contribution in [-0.2, 0) is 23.0 Å². The van der Waals surface area contributed by atoms with E-state index in [2.05, 4.69) is 26.0 Å². The summed E-state index contributed by atoms with van der Waals surface area (Å²) in [6, 6.07) is 6.26. The minimum absolute atomic E-state index is 0. The summed E-state index contributed by atoms with van der Waals surface area (Å²) in [4.78, 5) is 0. The smallest absolute Gasteiger partial charge is 0.748 e. The van der Waals surface area contributed by atoms with E-state index in [9.17, 15) is 13.0 Å². The first-order chi connectivity index (χ1) is 12.9. The number of ether oxygens (including phenoxy) is 1. The molecule has 0 N–H and O–H groups in total. The molecule has 1 aromatic carbocycles. The minimum Gasteiger partial charge on any atom is -0.748 e. The topological polar surface area (TPSA) is 66.4 Å². The molecule has 156 valence electrons. The van der Waals surface area contributed by atoms with Crippen LogP contribution in [0.2, 0.25) is 0 Å². The van der Waals surface area contributed by atoms with Gasteiger partial charge >= 0.3 is 29.6 Å². The SMILES string of the molecule is CCCCCCc1ccc(OC(CC)CS(=O)(=O)[O-])c(CCCCCC)c1.[Na+]. The maximum atomic E-state index is 11.1. The van der Waals surface area contributed by atoms with Gasteiger partial charge in [0.25, 0.3) is 0 Å². The first kappa shape index (κ1) is 27.9. The molecule has 6 heteroatoms. The molecule has 0 fully saturated rings. The Morgan fingerprint density at radius 2 is 1.54 bits per heavy atom. The standard InChI is InChI=1S/C22H38O4S.Na/c1-4-7-9-11-13-19-15-16-22(20(17-19)14-12-10-8-5-2)26-21(6-3)18-27(23,24)25;/h15-17,21H,4-14,18H2,1-3H3,(H,23,24,25);/q;+1/p-1. The van der Waals surface area contributed by atoms with Gasteiger partial charge in [0, 0.05) is 0 Å². The van der Waals surface area contributed by atoms with E-state index in [0.717, 1.165) is 30.6 Å². The molecule has 0 bridgehead atoms. The van der Waals surface area contributed by atoms with Crippen LogP contribution in [0.3, 0.4) is 0 Å². The van der Waals surface area contributed by atoms with E-state index in [-0.39, 0.29) is 29.6 Å². The molecule has 1 aromatic rings. The number of aryl methyl sites for hydroxylation is 2. The average molecular weight is 421 g/mol. The number of benzene rings is 1. The zero-order valence-corrected chi connectivity index (χ0v) is 21.2. The summed E-state index contributed by atoms with van der Waals surface area (Å²) in [7, 11) is -4.29. The van der Waals surface area contributed by atoms with Gasteiger partial charge in [0.05, 0.1) is 15.9 Å². The Kier molecular flexibility index (Phi) is 15.7. The normalized spacial score (nSPS) is 12.4. The Hall–Kier alpha value is -0.0700. The second kappa shape index (κ2) is 15.7. The van der Waals surface area contributed by atoms with Crippen molar-refractivity contribution in [1.82, 2.24) is 0 Å². The van der Waals surface area contributed by atoms with Gasteiger partial charge in [0.15, 0.2) is 0 Å². The Labute approximate surface area is 194 Å². The van der Waals surface area contributed by atoms with E-state index in [1.165, 1.54) is 50.5 Å². The molecule has 0 aromatic heterocycles. The Balaban J connectivity index is 0.00000729. The third kappa shape index (κ3) is 12.5. The molecule has 0 aliphatic carbocycles. The molecule has 0 aliphatic rings. The molecule has 0 saturated heterocycles. The molecule has 0 aliphatic heterocycles. The third-order valence-corrected chi connectivity index (χ3v) is 5.66. The first-order valence-corrected chi connectivity index (χ1v) is 12.2. The fraction of sp³-hybridized carbons (Fsp3) is 0.727. The van der Waals surface area contributed by atoms with E-state index >= 15 is 0 Å². The summed E-state index contributed by atoms with van der Waals surface area (Å²) in [5.41, 5.74) is 2.45. The van der Waals surface area contributed by atoms with Gasteiger partial charge in [-0.05, 0) is 49.3 Å². The molecule has 0 saturated carbocycles. The van der Waals surface area contributed by atoms with Crippen molar-refractivity contribution in [3.05, 3.63) is 29.3 Å². The molecule has 0 radical (unpaired) electrons. The van der Waals surface area contributed by atoms with Crippen molar-refractivity contribution in [1.29, 1.82) is 0 Å². The Morgan fingerprint density at radius 3 is 2.07 bits per heavy atom. The van der Waals surface area contributed by atoms with Gasteiger partial charge < -0.3 is 9.29 Å². The van der Waals surface area contributed by atoms with Crippen LogP contribution in [0.5, 0.6) is 5.75 Å². The van der Waals surface area contributed by atoms with E-state index in [1.807, 2.05) is 13.0 Å². The largest absolute Gasteiger partial charge is 1.00 e. The van der Waals surface area contributed by atoms with Crippen molar-refractivity contribution < 1.29 is 47.3 Å². The number of hydrogen-bond donors (Lipinski definition) is 0. The van der Waals surface area contributed by atoms with Crippen LogP contribution < -0.4 is 34.3 Å². The number of hydrogen-bond acceptors (Lipinski definition) is 4. The van der Waals surface area contributed by atoms with E-state index < -0.39 is 22.0 Å². The molecule has 0 spiro atoms. The van der Waals surface area contributed by atoms with E-state index in [0.29, 0.717) is 6.42 Å². The molecule has 4 nitrogen and oxygen atoms in total. The van der Waals surface area contributed by atoms with Crippen molar-refractivity contribution >= 4 is 10.1 Å². The molecule has 0 amide bonds. The molecule has 1 unspecified atom stereocenters. The third-order valence-electron chi connectivity index (χ3n) is 4.88. The number of rotatable bonds is 15. The van der Waals surface area contributed by atoms with Crippen LogP contribution in [0.15, 0.2) is 18.2 Å². The zero-order valence-electron chi connectivity index (χ0n) is 18.3. The van der Waals surface area contributed by atoms with E-state index in [1.54, 1.807) is 0 Å². The monoisotopic (exact) mass is 420 g/mol. The number of unbranched alkanes of at least 4 members (excludes halogenated alkanes) is 6. The summed E-state index contributed by atoms with van der Waals surface area (Å²) in [5, 5.41) is 0. The predicted octanol–water partition coefficient (Wildman–Crippen LogP) is 2.64. The average Bonchev–Trinajstić information content (AvgIpc) is 2.62. The van der Waals surface area contributed by atoms with Crippen LogP contribution in [0.4, 0.5) is 0 Å². The van der Waals surface area contributed by atoms with Crippen molar-refractivity contribution in [3.63, 3.8) is 0 Å². The molecule has 28 heavy (non-hydrogen) atoms. The summed E-state index contributed by atoms with van der Waals surface area (Å²) in [5.74, 6) is 0.261. The second-order valence-corrected chi connectivity index (χ2v) is 8.88. The summed E-state index contributed by atoms with van der Waals surface area (Å²) < 4.78 is 39.3. The fourth-order valence-electron chi connectivity index (χ4n) is 3.24. The Bertz CT molecular complexity index is 631. The molecule has 1 rings (SSSR count). The first-order valence-electron chi connectivity index (χ1n) is 10.6. The second-order valence-electron chi connectivity index (χ2n) is 7.44. The molecule has 1 atom stereocenters. The zero-order chi connectivity index (χ0) is 20.1.